The van der Waals surface area contributed by atoms with Gasteiger partial charge in [0.2, 0.25) is 0 Å². The van der Waals surface area contributed by atoms with E-state index in [2.05, 4.69) is 4.98 Å². The Morgan fingerprint density at radius 1 is 1.28 bits per heavy atom. The lowest BCUT2D eigenvalue weighted by Crippen LogP contribution is -2.02. The van der Waals surface area contributed by atoms with Gasteiger partial charge in [-0.15, -0.1) is 0 Å². The molecule has 0 spiro atoms. The smallest absolute Gasteiger partial charge is 0.162 e. The lowest BCUT2D eigenvalue weighted by molar-refractivity contribution is 0.0978. The van der Waals surface area contributed by atoms with Crippen molar-refractivity contribution in [1.82, 2.24) is 9.55 Å². The standard InChI is InChI=1S/C13H12Cl2N2O/c14-11-4-3-10(8-12(11)15)13(18)2-1-6-17-7-5-16-9-17/h3-5,7-9H,1-2,6H2. The Labute approximate surface area is 115 Å². The lowest BCUT2D eigenvalue weighted by atomic mass is 10.1. The third-order valence-corrected chi connectivity index (χ3v) is 3.36. The highest BCUT2D eigenvalue weighted by molar-refractivity contribution is 6.42. The zero-order chi connectivity index (χ0) is 13.0. The summed E-state index contributed by atoms with van der Waals surface area (Å²) in [5.41, 5.74) is 0.607. The van der Waals surface area contributed by atoms with Gasteiger partial charge in [-0.2, -0.15) is 0 Å². The average Bonchev–Trinajstić information content (AvgIpc) is 2.85. The first-order valence-corrected chi connectivity index (χ1v) is 6.36. The predicted molar refractivity (Wildman–Crippen MR) is 72.3 cm³/mol. The van der Waals surface area contributed by atoms with Crippen molar-refractivity contribution >= 4 is 29.0 Å². The first kappa shape index (κ1) is 13.1. The summed E-state index contributed by atoms with van der Waals surface area (Å²) in [4.78, 5) is 15.9. The van der Waals surface area contributed by atoms with E-state index in [9.17, 15) is 4.79 Å². The van der Waals surface area contributed by atoms with Gasteiger partial charge >= 0.3 is 0 Å². The number of carbonyl (C=O) groups excluding carboxylic acids is 1. The largest absolute Gasteiger partial charge is 0.337 e. The second kappa shape index (κ2) is 6.03. The molecule has 18 heavy (non-hydrogen) atoms. The first-order chi connectivity index (χ1) is 8.66. The number of aromatic nitrogens is 2. The SMILES string of the molecule is O=C(CCCn1ccnc1)c1ccc(Cl)c(Cl)c1. The second-order valence-corrected chi connectivity index (χ2v) is 4.77. The van der Waals surface area contributed by atoms with E-state index in [4.69, 9.17) is 23.2 Å². The van der Waals surface area contributed by atoms with E-state index in [-0.39, 0.29) is 5.78 Å². The Balaban J connectivity index is 1.89. The van der Waals surface area contributed by atoms with Crippen LogP contribution in [0.15, 0.2) is 36.9 Å². The van der Waals surface area contributed by atoms with Crippen molar-refractivity contribution in [1.29, 1.82) is 0 Å². The first-order valence-electron chi connectivity index (χ1n) is 5.61. The van der Waals surface area contributed by atoms with Crippen molar-refractivity contribution in [3.8, 4) is 0 Å². The van der Waals surface area contributed by atoms with E-state index < -0.39 is 0 Å². The van der Waals surface area contributed by atoms with Gasteiger partial charge in [0.1, 0.15) is 0 Å². The molecule has 0 aliphatic rings. The highest BCUT2D eigenvalue weighted by Gasteiger charge is 2.07. The van der Waals surface area contributed by atoms with E-state index in [1.165, 1.54) is 0 Å². The Morgan fingerprint density at radius 3 is 2.78 bits per heavy atom. The quantitative estimate of drug-likeness (QED) is 0.781. The van der Waals surface area contributed by atoms with Crippen LogP contribution in [0.5, 0.6) is 0 Å². The third-order valence-electron chi connectivity index (χ3n) is 2.62. The number of ketones is 1. The Morgan fingerprint density at radius 2 is 2.11 bits per heavy atom. The summed E-state index contributed by atoms with van der Waals surface area (Å²) in [7, 11) is 0. The highest BCUT2D eigenvalue weighted by atomic mass is 35.5. The number of aryl methyl sites for hydroxylation is 1. The van der Waals surface area contributed by atoms with Crippen molar-refractivity contribution in [2.24, 2.45) is 0 Å². The Hall–Kier alpha value is -1.32. The molecule has 3 nitrogen and oxygen atoms in total. The maximum Gasteiger partial charge on any atom is 0.162 e. The molecule has 0 unspecified atom stereocenters. The summed E-state index contributed by atoms with van der Waals surface area (Å²) in [5.74, 6) is 0.0775. The zero-order valence-electron chi connectivity index (χ0n) is 9.64. The van der Waals surface area contributed by atoms with Gasteiger partial charge < -0.3 is 4.57 Å². The highest BCUT2D eigenvalue weighted by Crippen LogP contribution is 2.23. The Kier molecular flexibility index (Phi) is 4.39. The van der Waals surface area contributed by atoms with Crippen LogP contribution in [-0.4, -0.2) is 15.3 Å². The van der Waals surface area contributed by atoms with Crippen LogP contribution in [0.2, 0.25) is 10.0 Å². The normalized spacial score (nSPS) is 10.6. The molecule has 0 fully saturated rings. The minimum atomic E-state index is 0.0775. The van der Waals surface area contributed by atoms with Crippen LogP contribution >= 0.6 is 23.2 Å². The van der Waals surface area contributed by atoms with Gasteiger partial charge in [-0.3, -0.25) is 4.79 Å². The van der Waals surface area contributed by atoms with Crippen LogP contribution in [0.1, 0.15) is 23.2 Å². The van der Waals surface area contributed by atoms with Crippen molar-refractivity contribution < 1.29 is 4.79 Å². The van der Waals surface area contributed by atoms with Crippen molar-refractivity contribution in [3.63, 3.8) is 0 Å². The number of hydrogen-bond donors (Lipinski definition) is 0. The molecule has 0 bridgehead atoms. The van der Waals surface area contributed by atoms with Crippen LogP contribution in [0.4, 0.5) is 0 Å². The van der Waals surface area contributed by atoms with Gasteiger partial charge in [0, 0.05) is 30.9 Å². The van der Waals surface area contributed by atoms with Crippen LogP contribution in [0.3, 0.4) is 0 Å². The molecule has 0 aliphatic carbocycles. The number of hydrogen-bond acceptors (Lipinski definition) is 2. The molecule has 0 saturated heterocycles. The topological polar surface area (TPSA) is 34.9 Å². The van der Waals surface area contributed by atoms with E-state index in [1.54, 1.807) is 30.7 Å². The third kappa shape index (κ3) is 3.34. The molecular formula is C13H12Cl2N2O. The van der Waals surface area contributed by atoms with Gasteiger partial charge in [0.05, 0.1) is 16.4 Å². The summed E-state index contributed by atoms with van der Waals surface area (Å²) in [6, 6.07) is 4.96. The van der Waals surface area contributed by atoms with Gasteiger partial charge in [-0.05, 0) is 24.6 Å². The number of Topliss-reactive ketones (excluding diaryl/α,β-unsaturated/α-hetero) is 1. The van der Waals surface area contributed by atoms with E-state index in [0.717, 1.165) is 13.0 Å². The van der Waals surface area contributed by atoms with Crippen LogP contribution < -0.4 is 0 Å². The summed E-state index contributed by atoms with van der Waals surface area (Å²) in [6.45, 7) is 0.785. The zero-order valence-corrected chi connectivity index (χ0v) is 11.2. The molecule has 94 valence electrons. The number of halogens is 2. The van der Waals surface area contributed by atoms with Gasteiger partial charge in [0.25, 0.3) is 0 Å². The molecule has 1 aromatic heterocycles. The monoisotopic (exact) mass is 282 g/mol. The van der Waals surface area contributed by atoms with Crippen LogP contribution in [-0.2, 0) is 6.54 Å². The molecule has 0 aliphatic heterocycles. The Bertz CT molecular complexity index is 538. The molecule has 2 rings (SSSR count). The molecular weight excluding hydrogens is 271 g/mol. The fourth-order valence-electron chi connectivity index (χ4n) is 1.66. The fraction of sp³-hybridized carbons (Fsp3) is 0.231. The molecule has 1 heterocycles. The molecule has 0 N–H and O–H groups in total. The average molecular weight is 283 g/mol. The maximum atomic E-state index is 11.9. The van der Waals surface area contributed by atoms with Gasteiger partial charge in [0.15, 0.2) is 5.78 Å². The van der Waals surface area contributed by atoms with Gasteiger partial charge in [-0.25, -0.2) is 4.98 Å². The molecule has 1 aromatic carbocycles. The van der Waals surface area contributed by atoms with E-state index >= 15 is 0 Å². The summed E-state index contributed by atoms with van der Waals surface area (Å²) in [5, 5.41) is 0.878. The lowest BCUT2D eigenvalue weighted by Gasteiger charge is -2.03. The predicted octanol–water partition coefficient (Wildman–Crippen LogP) is 3.85. The molecule has 2 aromatic rings. The maximum absolute atomic E-state index is 11.9. The minimum absolute atomic E-state index is 0.0775. The van der Waals surface area contributed by atoms with Crippen molar-refractivity contribution in [2.45, 2.75) is 19.4 Å². The van der Waals surface area contributed by atoms with Gasteiger partial charge in [-0.1, -0.05) is 23.2 Å². The number of rotatable bonds is 5. The molecule has 5 heteroatoms. The summed E-state index contributed by atoms with van der Waals surface area (Å²) in [6.07, 6.45) is 6.60. The molecule has 0 amide bonds. The van der Waals surface area contributed by atoms with E-state index in [1.807, 2.05) is 10.8 Å². The second-order valence-electron chi connectivity index (χ2n) is 3.96. The number of imidazole rings is 1. The fourth-order valence-corrected chi connectivity index (χ4v) is 1.95. The van der Waals surface area contributed by atoms with Crippen LogP contribution in [0.25, 0.3) is 0 Å². The van der Waals surface area contributed by atoms with Crippen LogP contribution in [0, 0.1) is 0 Å². The summed E-state index contributed by atoms with van der Waals surface area (Å²) >= 11 is 11.7. The summed E-state index contributed by atoms with van der Waals surface area (Å²) < 4.78 is 1.95. The number of carbonyl (C=O) groups is 1. The molecule has 0 radical (unpaired) electrons. The van der Waals surface area contributed by atoms with Crippen molar-refractivity contribution in [3.05, 3.63) is 52.5 Å². The number of benzene rings is 1. The molecule has 0 saturated carbocycles. The van der Waals surface area contributed by atoms with Crippen molar-refractivity contribution in [2.75, 3.05) is 0 Å². The number of nitrogens with zero attached hydrogens (tertiary/aromatic N) is 2. The molecule has 0 atom stereocenters. The van der Waals surface area contributed by atoms with E-state index in [0.29, 0.717) is 22.0 Å². The minimum Gasteiger partial charge on any atom is -0.337 e.